The van der Waals surface area contributed by atoms with Crippen molar-refractivity contribution in [2.75, 3.05) is 37.6 Å². The summed E-state index contributed by atoms with van der Waals surface area (Å²) in [5.74, 6) is -0.595. The number of H-pyrrole nitrogens is 1. The molecule has 1 aliphatic heterocycles. The number of aromatic amines is 1. The van der Waals surface area contributed by atoms with E-state index in [0.29, 0.717) is 18.7 Å². The third-order valence-corrected chi connectivity index (χ3v) is 4.78. The summed E-state index contributed by atoms with van der Waals surface area (Å²) < 4.78 is 26.4. The number of hydrogen-bond acceptors (Lipinski definition) is 2. The van der Waals surface area contributed by atoms with Gasteiger partial charge in [0.2, 0.25) is 0 Å². The first-order valence-corrected chi connectivity index (χ1v) is 8.82. The molecule has 1 aliphatic rings. The summed E-state index contributed by atoms with van der Waals surface area (Å²) in [6.45, 7) is 5.08. The average Bonchev–Trinajstić information content (AvgIpc) is 2.68. The Bertz CT molecular complexity index is 748. The van der Waals surface area contributed by atoms with Crippen molar-refractivity contribution in [2.45, 2.75) is 13.0 Å². The van der Waals surface area contributed by atoms with Crippen LogP contribution in [0.15, 0.2) is 42.6 Å². The number of hydrogen-bond donors (Lipinski definition) is 1. The van der Waals surface area contributed by atoms with Crippen LogP contribution in [0.4, 0.5) is 14.6 Å². The van der Waals surface area contributed by atoms with E-state index in [2.05, 4.69) is 9.88 Å². The fraction of sp³-hybridized carbons (Fsp3) is 0.368. The second-order valence-electron chi connectivity index (χ2n) is 6.52. The van der Waals surface area contributed by atoms with Crippen molar-refractivity contribution in [3.8, 4) is 0 Å². The van der Waals surface area contributed by atoms with Crippen molar-refractivity contribution in [1.29, 1.82) is 0 Å². The van der Waals surface area contributed by atoms with Crippen LogP contribution in [0.1, 0.15) is 18.5 Å². The number of piperazine rings is 1. The average molecular weight is 362 g/mol. The molecule has 138 valence electrons. The van der Waals surface area contributed by atoms with Gasteiger partial charge >= 0.3 is 0 Å². The molecule has 0 aliphatic carbocycles. The number of aromatic nitrogens is 1. The molecule has 1 atom stereocenters. The van der Waals surface area contributed by atoms with Gasteiger partial charge in [0, 0.05) is 11.6 Å². The highest BCUT2D eigenvalue weighted by atomic mass is 19.2. The summed E-state index contributed by atoms with van der Waals surface area (Å²) in [5, 5.41) is 1.85. The van der Waals surface area contributed by atoms with Crippen molar-refractivity contribution in [1.82, 2.24) is 4.90 Å². The van der Waals surface area contributed by atoms with E-state index >= 15 is 0 Å². The van der Waals surface area contributed by atoms with Crippen LogP contribution in [0.25, 0.3) is 0 Å². The SMILES string of the molecule is C[C@@H]([NH2+]CC(=O)N1CCN(c2cccc[nH+]2)CC1)c1ccc(F)c(F)c1. The van der Waals surface area contributed by atoms with E-state index in [4.69, 9.17) is 0 Å². The lowest BCUT2D eigenvalue weighted by Gasteiger charge is -2.30. The zero-order valence-electron chi connectivity index (χ0n) is 14.8. The molecule has 2 heterocycles. The highest BCUT2D eigenvalue weighted by Crippen LogP contribution is 2.13. The molecule has 5 nitrogen and oxygen atoms in total. The lowest BCUT2D eigenvalue weighted by atomic mass is 10.1. The molecule has 0 bridgehead atoms. The zero-order chi connectivity index (χ0) is 18.5. The fourth-order valence-corrected chi connectivity index (χ4v) is 3.12. The molecule has 2 aromatic rings. The maximum Gasteiger partial charge on any atom is 0.277 e. The standard InChI is InChI=1S/C19H22F2N4O/c1-14(15-5-6-16(20)17(21)12-15)23-13-19(26)25-10-8-24(9-11-25)18-4-2-3-7-22-18/h2-7,12,14,23H,8-11,13H2,1H3/p+2/t14-/m1/s1. The van der Waals surface area contributed by atoms with Gasteiger partial charge in [0.15, 0.2) is 18.2 Å². The molecule has 1 saturated heterocycles. The Morgan fingerprint density at radius 2 is 1.92 bits per heavy atom. The molecule has 0 spiro atoms. The van der Waals surface area contributed by atoms with Crippen LogP contribution < -0.4 is 15.2 Å². The van der Waals surface area contributed by atoms with E-state index < -0.39 is 11.6 Å². The van der Waals surface area contributed by atoms with Gasteiger partial charge in [-0.3, -0.25) is 9.69 Å². The molecular formula is C19H24F2N4O+2. The first kappa shape index (κ1) is 18.3. The number of carbonyl (C=O) groups is 1. The molecule has 7 heteroatoms. The van der Waals surface area contributed by atoms with E-state index in [0.717, 1.165) is 25.0 Å². The molecule has 0 unspecified atom stereocenters. The minimum absolute atomic E-state index is 0.0659. The third kappa shape index (κ3) is 4.35. The first-order valence-electron chi connectivity index (χ1n) is 8.82. The van der Waals surface area contributed by atoms with Crippen LogP contribution in [0, 0.1) is 11.6 Å². The Morgan fingerprint density at radius 1 is 1.15 bits per heavy atom. The van der Waals surface area contributed by atoms with Gasteiger partial charge in [-0.1, -0.05) is 6.07 Å². The number of nitrogens with zero attached hydrogens (tertiary/aromatic N) is 2. The van der Waals surface area contributed by atoms with E-state index in [-0.39, 0.29) is 18.5 Å². The van der Waals surface area contributed by atoms with Crippen molar-refractivity contribution in [2.24, 2.45) is 0 Å². The quantitative estimate of drug-likeness (QED) is 0.854. The third-order valence-electron chi connectivity index (χ3n) is 4.78. The summed E-state index contributed by atoms with van der Waals surface area (Å²) in [6.07, 6.45) is 1.89. The predicted octanol–water partition coefficient (Wildman–Crippen LogP) is 0.752. The number of benzene rings is 1. The topological polar surface area (TPSA) is 54.3 Å². The van der Waals surface area contributed by atoms with Crippen LogP contribution in [0.3, 0.4) is 0 Å². The number of nitrogens with two attached hydrogens (primary N) is 1. The highest BCUT2D eigenvalue weighted by Gasteiger charge is 2.27. The second kappa shape index (κ2) is 8.23. The number of rotatable bonds is 5. The Morgan fingerprint density at radius 3 is 2.58 bits per heavy atom. The summed E-state index contributed by atoms with van der Waals surface area (Å²) in [5.41, 5.74) is 0.668. The molecule has 1 fully saturated rings. The lowest BCUT2D eigenvalue weighted by molar-refractivity contribution is -0.683. The number of pyridine rings is 1. The van der Waals surface area contributed by atoms with Crippen molar-refractivity contribution < 1.29 is 23.9 Å². The van der Waals surface area contributed by atoms with Gasteiger partial charge in [-0.15, -0.1) is 0 Å². The van der Waals surface area contributed by atoms with Crippen molar-refractivity contribution in [3.05, 3.63) is 59.8 Å². The summed E-state index contributed by atoms with van der Waals surface area (Å²) >= 11 is 0. The monoisotopic (exact) mass is 362 g/mol. The van der Waals surface area contributed by atoms with Gasteiger partial charge < -0.3 is 10.2 Å². The molecule has 1 amide bonds. The largest absolute Gasteiger partial charge is 0.333 e. The number of anilines is 1. The van der Waals surface area contributed by atoms with Gasteiger partial charge in [0.05, 0.1) is 19.3 Å². The van der Waals surface area contributed by atoms with Gasteiger partial charge in [0.25, 0.3) is 11.7 Å². The molecule has 26 heavy (non-hydrogen) atoms. The van der Waals surface area contributed by atoms with Crippen molar-refractivity contribution in [3.63, 3.8) is 0 Å². The van der Waals surface area contributed by atoms with E-state index in [9.17, 15) is 13.6 Å². The number of amides is 1. The van der Waals surface area contributed by atoms with Crippen LogP contribution >= 0.6 is 0 Å². The minimum atomic E-state index is -0.858. The van der Waals surface area contributed by atoms with E-state index in [1.807, 2.05) is 41.5 Å². The Kier molecular flexibility index (Phi) is 5.78. The molecule has 0 radical (unpaired) electrons. The van der Waals surface area contributed by atoms with Gasteiger partial charge in [-0.25, -0.2) is 13.8 Å². The number of halogens is 2. The molecule has 0 saturated carbocycles. The first-order chi connectivity index (χ1) is 12.5. The zero-order valence-corrected chi connectivity index (χ0v) is 14.8. The maximum absolute atomic E-state index is 13.3. The number of quaternary nitrogens is 1. The highest BCUT2D eigenvalue weighted by molar-refractivity contribution is 5.77. The van der Waals surface area contributed by atoms with Crippen LogP contribution in [-0.2, 0) is 4.79 Å². The molecular weight excluding hydrogens is 338 g/mol. The number of carbonyl (C=O) groups excluding carboxylic acids is 1. The van der Waals surface area contributed by atoms with Crippen LogP contribution in [0.2, 0.25) is 0 Å². The Labute approximate surface area is 151 Å². The second-order valence-corrected chi connectivity index (χ2v) is 6.52. The smallest absolute Gasteiger partial charge is 0.277 e. The van der Waals surface area contributed by atoms with Gasteiger partial charge in [-0.05, 0) is 31.2 Å². The van der Waals surface area contributed by atoms with Crippen LogP contribution in [0.5, 0.6) is 0 Å². The lowest BCUT2D eigenvalue weighted by Crippen LogP contribution is -2.87. The summed E-state index contributed by atoms with van der Waals surface area (Å²) in [6, 6.07) is 9.70. The van der Waals surface area contributed by atoms with E-state index in [1.165, 1.54) is 6.07 Å². The van der Waals surface area contributed by atoms with E-state index in [1.54, 1.807) is 6.07 Å². The minimum Gasteiger partial charge on any atom is -0.333 e. The maximum atomic E-state index is 13.3. The summed E-state index contributed by atoms with van der Waals surface area (Å²) in [7, 11) is 0. The molecule has 1 aromatic carbocycles. The summed E-state index contributed by atoms with van der Waals surface area (Å²) in [4.78, 5) is 19.7. The number of nitrogens with one attached hydrogen (secondary N) is 1. The normalized spacial score (nSPS) is 15.8. The Balaban J connectivity index is 1.47. The van der Waals surface area contributed by atoms with Gasteiger partial charge in [0.1, 0.15) is 19.1 Å². The van der Waals surface area contributed by atoms with Gasteiger partial charge in [-0.2, -0.15) is 0 Å². The molecule has 3 N–H and O–H groups in total. The Hall–Kier alpha value is -2.54. The fourth-order valence-electron chi connectivity index (χ4n) is 3.12. The van der Waals surface area contributed by atoms with Crippen LogP contribution in [-0.4, -0.2) is 43.5 Å². The predicted molar refractivity (Wildman–Crippen MR) is 93.4 cm³/mol. The van der Waals surface area contributed by atoms with Crippen molar-refractivity contribution >= 4 is 11.7 Å². The molecule has 3 rings (SSSR count). The molecule has 1 aromatic heterocycles.